The first-order valence-electron chi connectivity index (χ1n) is 9.28. The van der Waals surface area contributed by atoms with Crippen LogP contribution < -0.4 is 24.3 Å². The van der Waals surface area contributed by atoms with Crippen LogP contribution in [0, 0.1) is 0 Å². The lowest BCUT2D eigenvalue weighted by atomic mass is 10.1. The minimum Gasteiger partial charge on any atom is -0.497 e. The molecule has 0 fully saturated rings. The van der Waals surface area contributed by atoms with Gasteiger partial charge in [0.1, 0.15) is 28.0 Å². The summed E-state index contributed by atoms with van der Waals surface area (Å²) in [6.45, 7) is 0. The molecular formula is C22H23N3O5S. The maximum absolute atomic E-state index is 12.4. The number of nitrogens with zero attached hydrogens (tertiary/aromatic N) is 2. The number of ether oxygens (including phenoxy) is 4. The van der Waals surface area contributed by atoms with Crippen molar-refractivity contribution in [3.05, 3.63) is 48.5 Å². The van der Waals surface area contributed by atoms with Gasteiger partial charge >= 0.3 is 0 Å². The number of anilines is 1. The summed E-state index contributed by atoms with van der Waals surface area (Å²) in [4.78, 5) is 12.4. The zero-order chi connectivity index (χ0) is 22.2. The van der Waals surface area contributed by atoms with Crippen molar-refractivity contribution in [2.24, 2.45) is 0 Å². The topological polar surface area (TPSA) is 91.8 Å². The Hall–Kier alpha value is -3.46. The SMILES string of the molecule is COc1ccc(OC)c(NC(=O)CSc2ccc(-c3cc(OC)ccc3OC)nn2)c1. The van der Waals surface area contributed by atoms with Crippen LogP contribution in [0.2, 0.25) is 0 Å². The van der Waals surface area contributed by atoms with Crippen LogP contribution in [0.1, 0.15) is 0 Å². The molecule has 1 amide bonds. The summed E-state index contributed by atoms with van der Waals surface area (Å²) < 4.78 is 21.2. The highest BCUT2D eigenvalue weighted by Crippen LogP contribution is 2.33. The number of carbonyl (C=O) groups excluding carboxylic acids is 1. The molecule has 162 valence electrons. The van der Waals surface area contributed by atoms with Gasteiger partial charge in [-0.1, -0.05) is 11.8 Å². The molecule has 8 nitrogen and oxygen atoms in total. The fraction of sp³-hybridized carbons (Fsp3) is 0.227. The van der Waals surface area contributed by atoms with Gasteiger partial charge in [-0.15, -0.1) is 10.2 Å². The number of nitrogens with one attached hydrogen (secondary N) is 1. The van der Waals surface area contributed by atoms with Crippen LogP contribution in [0.25, 0.3) is 11.3 Å². The maximum Gasteiger partial charge on any atom is 0.234 e. The molecule has 0 aliphatic rings. The minimum atomic E-state index is -0.197. The molecule has 0 radical (unpaired) electrons. The Kier molecular flexibility index (Phi) is 7.55. The van der Waals surface area contributed by atoms with E-state index in [0.29, 0.717) is 39.4 Å². The maximum atomic E-state index is 12.4. The molecule has 2 aromatic carbocycles. The lowest BCUT2D eigenvalue weighted by Crippen LogP contribution is -2.15. The molecule has 0 atom stereocenters. The van der Waals surface area contributed by atoms with E-state index in [-0.39, 0.29) is 11.7 Å². The van der Waals surface area contributed by atoms with Crippen molar-refractivity contribution in [3.63, 3.8) is 0 Å². The van der Waals surface area contributed by atoms with E-state index < -0.39 is 0 Å². The van der Waals surface area contributed by atoms with Crippen molar-refractivity contribution in [2.45, 2.75) is 5.03 Å². The first-order valence-corrected chi connectivity index (χ1v) is 10.3. The quantitative estimate of drug-likeness (QED) is 0.500. The van der Waals surface area contributed by atoms with Crippen LogP contribution in [0.5, 0.6) is 23.0 Å². The number of amides is 1. The Labute approximate surface area is 184 Å². The molecule has 1 aromatic heterocycles. The zero-order valence-electron chi connectivity index (χ0n) is 17.7. The second kappa shape index (κ2) is 10.5. The van der Waals surface area contributed by atoms with Crippen molar-refractivity contribution < 1.29 is 23.7 Å². The third-order valence-electron chi connectivity index (χ3n) is 4.35. The molecule has 1 heterocycles. The third-order valence-corrected chi connectivity index (χ3v) is 5.27. The first-order chi connectivity index (χ1) is 15.1. The van der Waals surface area contributed by atoms with Crippen LogP contribution in [0.3, 0.4) is 0 Å². The normalized spacial score (nSPS) is 10.3. The molecule has 1 N–H and O–H groups in total. The van der Waals surface area contributed by atoms with Crippen molar-refractivity contribution in [1.82, 2.24) is 10.2 Å². The molecule has 31 heavy (non-hydrogen) atoms. The number of rotatable bonds is 9. The van der Waals surface area contributed by atoms with E-state index in [1.54, 1.807) is 46.6 Å². The lowest BCUT2D eigenvalue weighted by Gasteiger charge is -2.11. The Morgan fingerprint density at radius 1 is 0.839 bits per heavy atom. The fourth-order valence-corrected chi connectivity index (χ4v) is 3.41. The van der Waals surface area contributed by atoms with E-state index in [4.69, 9.17) is 18.9 Å². The summed E-state index contributed by atoms with van der Waals surface area (Å²) in [5, 5.41) is 11.9. The van der Waals surface area contributed by atoms with E-state index >= 15 is 0 Å². The van der Waals surface area contributed by atoms with E-state index in [1.165, 1.54) is 11.8 Å². The Bertz CT molecular complexity index is 1040. The van der Waals surface area contributed by atoms with Gasteiger partial charge in [-0.05, 0) is 42.5 Å². The van der Waals surface area contributed by atoms with E-state index in [1.807, 2.05) is 30.3 Å². The molecule has 0 saturated carbocycles. The largest absolute Gasteiger partial charge is 0.497 e. The monoisotopic (exact) mass is 441 g/mol. The van der Waals surface area contributed by atoms with Gasteiger partial charge < -0.3 is 24.3 Å². The van der Waals surface area contributed by atoms with Gasteiger partial charge in [0.15, 0.2) is 0 Å². The number of thioether (sulfide) groups is 1. The summed E-state index contributed by atoms with van der Waals surface area (Å²) in [6, 6.07) is 14.3. The molecule has 3 aromatic rings. The molecule has 0 aliphatic heterocycles. The van der Waals surface area contributed by atoms with Gasteiger partial charge in [0, 0.05) is 11.6 Å². The Morgan fingerprint density at radius 2 is 1.52 bits per heavy atom. The zero-order valence-corrected chi connectivity index (χ0v) is 18.5. The first kappa shape index (κ1) is 22.2. The minimum absolute atomic E-state index is 0.164. The lowest BCUT2D eigenvalue weighted by molar-refractivity contribution is -0.113. The summed E-state index contributed by atoms with van der Waals surface area (Å²) >= 11 is 1.28. The average Bonchev–Trinajstić information content (AvgIpc) is 2.82. The van der Waals surface area contributed by atoms with Crippen molar-refractivity contribution in [2.75, 3.05) is 39.5 Å². The van der Waals surface area contributed by atoms with Crippen LogP contribution in [0.4, 0.5) is 5.69 Å². The van der Waals surface area contributed by atoms with Crippen LogP contribution in [-0.2, 0) is 4.79 Å². The molecule has 0 aliphatic carbocycles. The van der Waals surface area contributed by atoms with Crippen molar-refractivity contribution in [1.29, 1.82) is 0 Å². The summed E-state index contributed by atoms with van der Waals surface area (Å²) in [7, 11) is 6.30. The van der Waals surface area contributed by atoms with Crippen molar-refractivity contribution in [3.8, 4) is 34.3 Å². The Morgan fingerprint density at radius 3 is 2.13 bits per heavy atom. The van der Waals surface area contributed by atoms with E-state index in [2.05, 4.69) is 15.5 Å². The van der Waals surface area contributed by atoms with Crippen LogP contribution in [0.15, 0.2) is 53.6 Å². The standard InChI is InChI=1S/C22H23N3O5S/c1-27-14-5-8-19(29-3)16(11-14)17-7-10-22(25-24-17)31-13-21(26)23-18-12-15(28-2)6-9-20(18)30-4/h5-12H,13H2,1-4H3,(H,23,26). The van der Waals surface area contributed by atoms with Crippen molar-refractivity contribution >= 4 is 23.4 Å². The summed E-state index contributed by atoms with van der Waals surface area (Å²) in [5.41, 5.74) is 1.96. The van der Waals surface area contributed by atoms with Crippen LogP contribution >= 0.6 is 11.8 Å². The Balaban J connectivity index is 1.65. The van der Waals surface area contributed by atoms with Gasteiger partial charge in [0.2, 0.25) is 5.91 Å². The summed E-state index contributed by atoms with van der Waals surface area (Å²) in [5.74, 6) is 2.50. The van der Waals surface area contributed by atoms with Gasteiger partial charge in [-0.3, -0.25) is 4.79 Å². The number of hydrogen-bond acceptors (Lipinski definition) is 8. The second-order valence-electron chi connectivity index (χ2n) is 6.23. The molecule has 0 unspecified atom stereocenters. The second-order valence-corrected chi connectivity index (χ2v) is 7.22. The fourth-order valence-electron chi connectivity index (χ4n) is 2.79. The number of benzene rings is 2. The summed E-state index contributed by atoms with van der Waals surface area (Å²) in [6.07, 6.45) is 0. The molecule has 9 heteroatoms. The third kappa shape index (κ3) is 5.58. The average molecular weight is 442 g/mol. The number of hydrogen-bond donors (Lipinski definition) is 1. The molecule has 0 bridgehead atoms. The van der Waals surface area contributed by atoms with E-state index in [9.17, 15) is 4.79 Å². The highest BCUT2D eigenvalue weighted by molar-refractivity contribution is 7.99. The van der Waals surface area contributed by atoms with Gasteiger partial charge in [0.25, 0.3) is 0 Å². The van der Waals surface area contributed by atoms with Crippen LogP contribution in [-0.4, -0.2) is 50.3 Å². The molecular weight excluding hydrogens is 418 g/mol. The molecule has 3 rings (SSSR count). The molecule has 0 spiro atoms. The molecule has 0 saturated heterocycles. The van der Waals surface area contributed by atoms with Gasteiger partial charge in [-0.2, -0.15) is 0 Å². The van der Waals surface area contributed by atoms with Gasteiger partial charge in [-0.25, -0.2) is 0 Å². The predicted molar refractivity (Wildman–Crippen MR) is 119 cm³/mol. The highest BCUT2D eigenvalue weighted by Gasteiger charge is 2.12. The predicted octanol–water partition coefficient (Wildman–Crippen LogP) is 3.91. The number of methoxy groups -OCH3 is 4. The highest BCUT2D eigenvalue weighted by atomic mass is 32.2. The number of aromatic nitrogens is 2. The smallest absolute Gasteiger partial charge is 0.234 e. The number of carbonyl (C=O) groups is 1. The van der Waals surface area contributed by atoms with Gasteiger partial charge in [0.05, 0.1) is 45.6 Å². The van der Waals surface area contributed by atoms with E-state index in [0.717, 1.165) is 5.56 Å².